The molecule has 2 aliphatic carbocycles. The van der Waals surface area contributed by atoms with E-state index in [0.29, 0.717) is 0 Å². The number of unbranched alkanes of at least 4 members (excludes halogenated alkanes) is 2. The number of rotatable bonds is 13. The Bertz CT molecular complexity index is 616. The minimum Gasteiger partial charge on any atom is -0.303 e. The van der Waals surface area contributed by atoms with E-state index in [1.165, 1.54) is 103 Å². The molecule has 0 amide bonds. The minimum atomic E-state index is 0.246. The molecule has 1 aromatic rings. The van der Waals surface area contributed by atoms with Crippen molar-refractivity contribution in [2.45, 2.75) is 129 Å². The van der Waals surface area contributed by atoms with Crippen LogP contribution in [0.2, 0.25) is 0 Å². The van der Waals surface area contributed by atoms with Gasteiger partial charge < -0.3 is 4.79 Å². The second kappa shape index (κ2) is 14.2. The van der Waals surface area contributed by atoms with E-state index in [2.05, 4.69) is 31.2 Å². The van der Waals surface area contributed by atoms with Crippen molar-refractivity contribution in [1.82, 2.24) is 0 Å². The van der Waals surface area contributed by atoms with Gasteiger partial charge in [0.2, 0.25) is 0 Å². The smallest absolute Gasteiger partial charge is 0.122 e. The summed E-state index contributed by atoms with van der Waals surface area (Å²) in [6.45, 7) is 4.36. The van der Waals surface area contributed by atoms with Crippen LogP contribution in [0.5, 0.6) is 0 Å². The monoisotopic (exact) mass is 438 g/mol. The van der Waals surface area contributed by atoms with E-state index in [9.17, 15) is 4.79 Å². The van der Waals surface area contributed by atoms with Gasteiger partial charge >= 0.3 is 0 Å². The summed E-state index contributed by atoms with van der Waals surface area (Å²) < 4.78 is 0. The van der Waals surface area contributed by atoms with Gasteiger partial charge in [-0.2, -0.15) is 0 Å². The Balaban J connectivity index is 1.31. The summed E-state index contributed by atoms with van der Waals surface area (Å²) in [6, 6.07) is 9.74. The van der Waals surface area contributed by atoms with Crippen LogP contribution in [0.4, 0.5) is 0 Å². The van der Waals surface area contributed by atoms with Crippen LogP contribution >= 0.6 is 0 Å². The predicted molar refractivity (Wildman–Crippen MR) is 138 cm³/mol. The van der Waals surface area contributed by atoms with Crippen LogP contribution in [0.3, 0.4) is 0 Å². The molecule has 0 radical (unpaired) electrons. The molecule has 0 spiro atoms. The van der Waals surface area contributed by atoms with Crippen molar-refractivity contribution in [2.75, 3.05) is 0 Å². The lowest BCUT2D eigenvalue weighted by Gasteiger charge is -2.29. The van der Waals surface area contributed by atoms with Gasteiger partial charge in [0.05, 0.1) is 0 Å². The maximum Gasteiger partial charge on any atom is 0.122 e. The third-order valence-corrected chi connectivity index (χ3v) is 8.83. The fourth-order valence-corrected chi connectivity index (χ4v) is 6.40. The average Bonchev–Trinajstić information content (AvgIpc) is 2.84. The van der Waals surface area contributed by atoms with Gasteiger partial charge in [-0.25, -0.2) is 0 Å². The first-order valence-electron chi connectivity index (χ1n) is 14.2. The molecule has 0 aliphatic heterocycles. The van der Waals surface area contributed by atoms with E-state index in [4.69, 9.17) is 0 Å². The Morgan fingerprint density at radius 2 is 1.34 bits per heavy atom. The molecular weight excluding hydrogens is 388 g/mol. The maximum absolute atomic E-state index is 10.8. The highest BCUT2D eigenvalue weighted by molar-refractivity contribution is 5.52. The van der Waals surface area contributed by atoms with Crippen molar-refractivity contribution < 1.29 is 4.79 Å². The Morgan fingerprint density at radius 3 is 1.94 bits per heavy atom. The van der Waals surface area contributed by atoms with Crippen LogP contribution in [0.25, 0.3) is 0 Å². The van der Waals surface area contributed by atoms with Gasteiger partial charge in [0.1, 0.15) is 6.29 Å². The van der Waals surface area contributed by atoms with Crippen LogP contribution in [-0.4, -0.2) is 6.29 Å². The Kier molecular flexibility index (Phi) is 11.3. The van der Waals surface area contributed by atoms with Crippen LogP contribution in [0.1, 0.15) is 134 Å². The second-order valence-corrected chi connectivity index (χ2v) is 11.4. The molecule has 0 saturated heterocycles. The molecule has 32 heavy (non-hydrogen) atoms. The van der Waals surface area contributed by atoms with E-state index in [1.807, 2.05) is 6.92 Å². The lowest BCUT2D eigenvalue weighted by Crippen LogP contribution is -2.15. The molecule has 0 heterocycles. The van der Waals surface area contributed by atoms with Crippen molar-refractivity contribution in [3.63, 3.8) is 0 Å². The molecule has 0 aromatic heterocycles. The first-order valence-corrected chi connectivity index (χ1v) is 14.2. The Morgan fingerprint density at radius 1 is 0.781 bits per heavy atom. The van der Waals surface area contributed by atoms with Crippen molar-refractivity contribution in [2.24, 2.45) is 23.7 Å². The van der Waals surface area contributed by atoms with Gasteiger partial charge in [0.25, 0.3) is 0 Å². The summed E-state index contributed by atoms with van der Waals surface area (Å²) in [7, 11) is 0. The molecule has 1 nitrogen and oxygen atoms in total. The normalized spacial score (nSPS) is 27.2. The van der Waals surface area contributed by atoms with Gasteiger partial charge in [-0.15, -0.1) is 0 Å². The molecule has 0 bridgehead atoms. The number of hydrogen-bond acceptors (Lipinski definition) is 1. The van der Waals surface area contributed by atoms with Gasteiger partial charge in [0.15, 0.2) is 0 Å². The number of carbonyl (C=O) groups is 1. The first-order chi connectivity index (χ1) is 15.7. The average molecular weight is 439 g/mol. The summed E-state index contributed by atoms with van der Waals surface area (Å²) in [5.41, 5.74) is 3.13. The first kappa shape index (κ1) is 25.5. The molecule has 1 aromatic carbocycles. The summed E-state index contributed by atoms with van der Waals surface area (Å²) in [5.74, 6) is 3.92. The molecule has 1 unspecified atom stereocenters. The Labute approximate surface area is 199 Å². The highest BCUT2D eigenvalue weighted by Gasteiger charge is 2.23. The third kappa shape index (κ3) is 8.68. The SMILES string of the molecule is CCCCCC1CCC(CCc2ccc(C3CCC(CCCC(C)C=O)CC3)cc2)CC1. The van der Waals surface area contributed by atoms with Gasteiger partial charge in [-0.3, -0.25) is 0 Å². The molecule has 3 rings (SSSR count). The quantitative estimate of drug-likeness (QED) is 0.221. The molecule has 1 heteroatoms. The zero-order valence-corrected chi connectivity index (χ0v) is 21.2. The highest BCUT2D eigenvalue weighted by atomic mass is 16.1. The molecule has 2 saturated carbocycles. The van der Waals surface area contributed by atoms with Crippen LogP contribution in [0, 0.1) is 23.7 Å². The zero-order valence-electron chi connectivity index (χ0n) is 21.2. The number of benzene rings is 1. The Hall–Kier alpha value is -1.11. The van der Waals surface area contributed by atoms with Crippen molar-refractivity contribution in [3.8, 4) is 0 Å². The van der Waals surface area contributed by atoms with Crippen molar-refractivity contribution in [3.05, 3.63) is 35.4 Å². The fourth-order valence-electron chi connectivity index (χ4n) is 6.40. The van der Waals surface area contributed by atoms with Crippen molar-refractivity contribution in [1.29, 1.82) is 0 Å². The zero-order chi connectivity index (χ0) is 22.6. The van der Waals surface area contributed by atoms with Crippen LogP contribution < -0.4 is 0 Å². The fraction of sp³-hybridized carbons (Fsp3) is 0.774. The molecule has 1 atom stereocenters. The van der Waals surface area contributed by atoms with Crippen LogP contribution in [0.15, 0.2) is 24.3 Å². The van der Waals surface area contributed by atoms with Crippen molar-refractivity contribution >= 4 is 6.29 Å². The van der Waals surface area contributed by atoms with Gasteiger partial charge in [-0.05, 0) is 79.7 Å². The predicted octanol–water partition coefficient (Wildman–Crippen LogP) is 9.29. The lowest BCUT2D eigenvalue weighted by atomic mass is 9.76. The number of aldehydes is 1. The van der Waals surface area contributed by atoms with Gasteiger partial charge in [-0.1, -0.05) is 102 Å². The lowest BCUT2D eigenvalue weighted by molar-refractivity contribution is -0.110. The molecule has 180 valence electrons. The summed E-state index contributed by atoms with van der Waals surface area (Å²) in [4.78, 5) is 10.8. The number of aryl methyl sites for hydroxylation is 1. The minimum absolute atomic E-state index is 0.246. The molecular formula is C31H50O. The second-order valence-electron chi connectivity index (χ2n) is 11.4. The molecule has 0 N–H and O–H groups in total. The molecule has 2 fully saturated rings. The van der Waals surface area contributed by atoms with E-state index in [0.717, 1.165) is 36.4 Å². The van der Waals surface area contributed by atoms with E-state index in [1.54, 1.807) is 11.1 Å². The van der Waals surface area contributed by atoms with Crippen LogP contribution in [-0.2, 0) is 11.2 Å². The molecule has 2 aliphatic rings. The van der Waals surface area contributed by atoms with E-state index < -0.39 is 0 Å². The number of hydrogen-bond donors (Lipinski definition) is 0. The topological polar surface area (TPSA) is 17.1 Å². The standard InChI is InChI=1S/C31H50O/c1-3-4-5-8-26-10-12-28(13-11-26)14-15-29-18-22-31(23-19-29)30-20-16-27(17-21-30)9-6-7-25(2)24-32/h18-19,22-28,30H,3-17,20-21H2,1-2H3. The summed E-state index contributed by atoms with van der Waals surface area (Å²) >= 11 is 0. The van der Waals surface area contributed by atoms with E-state index in [-0.39, 0.29) is 5.92 Å². The van der Waals surface area contributed by atoms with Gasteiger partial charge in [0, 0.05) is 5.92 Å². The summed E-state index contributed by atoms with van der Waals surface area (Å²) in [5, 5.41) is 0. The highest BCUT2D eigenvalue weighted by Crippen LogP contribution is 2.38. The largest absolute Gasteiger partial charge is 0.303 e. The summed E-state index contributed by atoms with van der Waals surface area (Å²) in [6.07, 6.45) is 24.6. The maximum atomic E-state index is 10.8. The number of carbonyl (C=O) groups excluding carboxylic acids is 1. The van der Waals surface area contributed by atoms with E-state index >= 15 is 0 Å². The third-order valence-electron chi connectivity index (χ3n) is 8.83.